The molecule has 0 saturated carbocycles. The summed E-state index contributed by atoms with van der Waals surface area (Å²) < 4.78 is 0. The average molecular weight is 247 g/mol. The van der Waals surface area contributed by atoms with E-state index in [1.807, 2.05) is 24.3 Å². The van der Waals surface area contributed by atoms with Gasteiger partial charge in [0.1, 0.15) is 5.82 Å². The molecule has 3 nitrogen and oxygen atoms in total. The van der Waals surface area contributed by atoms with Crippen LogP contribution in [0.2, 0.25) is 5.02 Å². The zero-order valence-corrected chi connectivity index (χ0v) is 9.82. The van der Waals surface area contributed by atoms with Crippen LogP contribution in [-0.2, 0) is 6.54 Å². The highest BCUT2D eigenvalue weighted by atomic mass is 35.5. The molecule has 0 saturated heterocycles. The second-order valence-electron chi connectivity index (χ2n) is 3.54. The van der Waals surface area contributed by atoms with Crippen LogP contribution >= 0.6 is 11.6 Å². The van der Waals surface area contributed by atoms with E-state index in [1.165, 1.54) is 6.20 Å². The van der Waals surface area contributed by atoms with Crippen LogP contribution < -0.4 is 5.32 Å². The average Bonchev–Trinajstić information content (AvgIpc) is 2.38. The molecule has 1 heterocycles. The fraction of sp³-hybridized carbons (Fsp3) is 0.0769. The number of halogens is 1. The molecule has 0 bridgehead atoms. The summed E-state index contributed by atoms with van der Waals surface area (Å²) in [5.41, 5.74) is 1.57. The maximum Gasteiger partial charge on any atom is 0.151 e. The lowest BCUT2D eigenvalue weighted by atomic mass is 10.2. The van der Waals surface area contributed by atoms with Gasteiger partial charge in [-0.3, -0.25) is 4.79 Å². The van der Waals surface area contributed by atoms with Crippen molar-refractivity contribution in [3.63, 3.8) is 0 Å². The number of anilines is 1. The number of pyridine rings is 1. The number of nitrogens with one attached hydrogen (secondary N) is 1. The number of hydrogen-bond donors (Lipinski definition) is 1. The van der Waals surface area contributed by atoms with E-state index in [4.69, 9.17) is 11.6 Å². The number of rotatable bonds is 4. The highest BCUT2D eigenvalue weighted by Crippen LogP contribution is 2.16. The topological polar surface area (TPSA) is 42.0 Å². The van der Waals surface area contributed by atoms with Gasteiger partial charge in [0.15, 0.2) is 6.29 Å². The number of benzene rings is 1. The Bertz CT molecular complexity index is 511. The molecule has 0 fully saturated rings. The van der Waals surface area contributed by atoms with Gasteiger partial charge in [-0.15, -0.1) is 0 Å². The molecule has 0 amide bonds. The Hall–Kier alpha value is -1.87. The van der Waals surface area contributed by atoms with Crippen molar-refractivity contribution in [2.24, 2.45) is 0 Å². The van der Waals surface area contributed by atoms with Gasteiger partial charge in [-0.25, -0.2) is 4.98 Å². The molecular formula is C13H11ClN2O. The smallest absolute Gasteiger partial charge is 0.151 e. The summed E-state index contributed by atoms with van der Waals surface area (Å²) in [6.07, 6.45) is 2.30. The molecule has 1 aromatic heterocycles. The first kappa shape index (κ1) is 11.6. The van der Waals surface area contributed by atoms with Crippen LogP contribution in [0.1, 0.15) is 15.9 Å². The second kappa shape index (κ2) is 5.46. The minimum absolute atomic E-state index is 0.563. The fourth-order valence-corrected chi connectivity index (χ4v) is 1.61. The second-order valence-corrected chi connectivity index (χ2v) is 3.95. The van der Waals surface area contributed by atoms with E-state index in [1.54, 1.807) is 12.1 Å². The molecule has 2 aromatic rings. The molecule has 2 rings (SSSR count). The zero-order chi connectivity index (χ0) is 12.1. The molecule has 0 unspecified atom stereocenters. The quantitative estimate of drug-likeness (QED) is 0.843. The molecule has 1 N–H and O–H groups in total. The Kier molecular flexibility index (Phi) is 3.73. The van der Waals surface area contributed by atoms with Gasteiger partial charge >= 0.3 is 0 Å². The maximum absolute atomic E-state index is 10.5. The van der Waals surface area contributed by atoms with E-state index in [0.29, 0.717) is 12.1 Å². The molecule has 17 heavy (non-hydrogen) atoms. The van der Waals surface area contributed by atoms with Crippen LogP contribution in [0, 0.1) is 0 Å². The van der Waals surface area contributed by atoms with Crippen LogP contribution in [0.25, 0.3) is 0 Å². The van der Waals surface area contributed by atoms with Crippen LogP contribution in [-0.4, -0.2) is 11.3 Å². The minimum atomic E-state index is 0.563. The van der Waals surface area contributed by atoms with E-state index in [-0.39, 0.29) is 0 Å². The van der Waals surface area contributed by atoms with Crippen molar-refractivity contribution in [1.82, 2.24) is 4.98 Å². The summed E-state index contributed by atoms with van der Waals surface area (Å²) in [7, 11) is 0. The SMILES string of the molecule is O=Cc1ccc(NCc2ccccc2Cl)nc1. The molecule has 0 aliphatic carbocycles. The maximum atomic E-state index is 10.5. The third-order valence-corrected chi connectivity index (χ3v) is 2.71. The Balaban J connectivity index is 2.02. The largest absolute Gasteiger partial charge is 0.366 e. The molecule has 4 heteroatoms. The molecule has 0 radical (unpaired) electrons. The van der Waals surface area contributed by atoms with Gasteiger partial charge in [0.05, 0.1) is 0 Å². The molecule has 0 aliphatic heterocycles. The summed E-state index contributed by atoms with van der Waals surface area (Å²) in [4.78, 5) is 14.6. The molecular weight excluding hydrogens is 236 g/mol. The number of aromatic nitrogens is 1. The van der Waals surface area contributed by atoms with Crippen LogP contribution in [0.3, 0.4) is 0 Å². The van der Waals surface area contributed by atoms with Crippen molar-refractivity contribution in [2.75, 3.05) is 5.32 Å². The normalized spacial score (nSPS) is 9.94. The molecule has 0 atom stereocenters. The summed E-state index contributed by atoms with van der Waals surface area (Å²) in [6.45, 7) is 0.604. The van der Waals surface area contributed by atoms with Crippen LogP contribution in [0.4, 0.5) is 5.82 Å². The first-order chi connectivity index (χ1) is 8.29. The van der Waals surface area contributed by atoms with Gasteiger partial charge < -0.3 is 5.32 Å². The van der Waals surface area contributed by atoms with Crippen molar-refractivity contribution in [3.05, 3.63) is 58.7 Å². The number of hydrogen-bond acceptors (Lipinski definition) is 3. The van der Waals surface area contributed by atoms with Crippen molar-refractivity contribution in [3.8, 4) is 0 Å². The number of carbonyl (C=O) groups is 1. The van der Waals surface area contributed by atoms with Gasteiger partial charge in [0.25, 0.3) is 0 Å². The molecule has 0 aliphatic rings. The molecule has 0 spiro atoms. The Morgan fingerprint density at radius 1 is 1.24 bits per heavy atom. The molecule has 1 aromatic carbocycles. The lowest BCUT2D eigenvalue weighted by Crippen LogP contribution is -2.01. The Morgan fingerprint density at radius 3 is 2.71 bits per heavy atom. The van der Waals surface area contributed by atoms with Crippen molar-refractivity contribution in [1.29, 1.82) is 0 Å². The van der Waals surface area contributed by atoms with Crippen molar-refractivity contribution >= 4 is 23.7 Å². The summed E-state index contributed by atoms with van der Waals surface area (Å²) >= 11 is 6.03. The number of nitrogens with zero attached hydrogens (tertiary/aromatic N) is 1. The number of aldehydes is 1. The van der Waals surface area contributed by atoms with Gasteiger partial charge in [0, 0.05) is 23.3 Å². The van der Waals surface area contributed by atoms with Gasteiger partial charge in [0.2, 0.25) is 0 Å². The monoisotopic (exact) mass is 246 g/mol. The van der Waals surface area contributed by atoms with E-state index in [9.17, 15) is 4.79 Å². The van der Waals surface area contributed by atoms with Crippen LogP contribution in [0.5, 0.6) is 0 Å². The van der Waals surface area contributed by atoms with Gasteiger partial charge in [-0.2, -0.15) is 0 Å². The third kappa shape index (κ3) is 3.04. The van der Waals surface area contributed by atoms with E-state index in [2.05, 4.69) is 10.3 Å². The minimum Gasteiger partial charge on any atom is -0.366 e. The van der Waals surface area contributed by atoms with E-state index in [0.717, 1.165) is 22.7 Å². The lowest BCUT2D eigenvalue weighted by molar-refractivity contribution is 0.112. The first-order valence-electron chi connectivity index (χ1n) is 5.18. The Labute approximate surface area is 104 Å². The zero-order valence-electron chi connectivity index (χ0n) is 9.06. The number of carbonyl (C=O) groups excluding carboxylic acids is 1. The van der Waals surface area contributed by atoms with Crippen molar-refractivity contribution in [2.45, 2.75) is 6.54 Å². The van der Waals surface area contributed by atoms with Gasteiger partial charge in [-0.05, 0) is 23.8 Å². The third-order valence-electron chi connectivity index (χ3n) is 2.34. The predicted molar refractivity (Wildman–Crippen MR) is 68.4 cm³/mol. The van der Waals surface area contributed by atoms with E-state index < -0.39 is 0 Å². The highest BCUT2D eigenvalue weighted by Gasteiger charge is 1.99. The molecule has 86 valence electrons. The summed E-state index contributed by atoms with van der Waals surface area (Å²) in [5, 5.41) is 3.87. The predicted octanol–water partition coefficient (Wildman–Crippen LogP) is 3.16. The summed E-state index contributed by atoms with van der Waals surface area (Å²) in [5.74, 6) is 0.718. The first-order valence-corrected chi connectivity index (χ1v) is 5.56. The lowest BCUT2D eigenvalue weighted by Gasteiger charge is -2.06. The van der Waals surface area contributed by atoms with Gasteiger partial charge in [-0.1, -0.05) is 29.8 Å². The highest BCUT2D eigenvalue weighted by molar-refractivity contribution is 6.31. The standard InChI is InChI=1S/C13H11ClN2O/c14-12-4-2-1-3-11(12)8-16-13-6-5-10(9-17)7-15-13/h1-7,9H,8H2,(H,15,16). The fourth-order valence-electron chi connectivity index (χ4n) is 1.41. The van der Waals surface area contributed by atoms with E-state index >= 15 is 0 Å². The Morgan fingerprint density at radius 2 is 2.06 bits per heavy atom. The summed E-state index contributed by atoms with van der Waals surface area (Å²) in [6, 6.07) is 11.1. The van der Waals surface area contributed by atoms with Crippen molar-refractivity contribution < 1.29 is 4.79 Å². The van der Waals surface area contributed by atoms with Crippen LogP contribution in [0.15, 0.2) is 42.6 Å².